The molecular formula is C43H51F3N8O5S. The number of alkyl halides is 3. The number of nitrogens with one attached hydrogen (secondary N) is 2. The van der Waals surface area contributed by atoms with Crippen LogP contribution in [0.15, 0.2) is 36.4 Å². The average molecular weight is 849 g/mol. The zero-order chi connectivity index (χ0) is 43.3. The third-order valence-electron chi connectivity index (χ3n) is 12.9. The lowest BCUT2D eigenvalue weighted by atomic mass is 9.82. The summed E-state index contributed by atoms with van der Waals surface area (Å²) < 4.78 is 49.4. The number of ether oxygens (including phenoxy) is 1. The Balaban J connectivity index is 0.884. The molecular weight excluding hydrogens is 798 g/mol. The van der Waals surface area contributed by atoms with Crippen LogP contribution in [0.1, 0.15) is 108 Å². The van der Waals surface area contributed by atoms with Crippen LogP contribution >= 0.6 is 12.2 Å². The summed E-state index contributed by atoms with van der Waals surface area (Å²) >= 11 is 5.77. The number of likely N-dealkylation sites (tertiary alicyclic amines) is 1. The molecule has 4 amide bonds. The van der Waals surface area contributed by atoms with Crippen LogP contribution in [-0.4, -0.2) is 91.2 Å². The Bertz CT molecular complexity index is 2230. The van der Waals surface area contributed by atoms with Gasteiger partial charge in [-0.25, -0.2) is 0 Å². The van der Waals surface area contributed by atoms with Crippen LogP contribution in [0.3, 0.4) is 0 Å². The highest BCUT2D eigenvalue weighted by atomic mass is 32.1. The molecule has 2 unspecified atom stereocenters. The van der Waals surface area contributed by atoms with Gasteiger partial charge in [0.15, 0.2) is 5.11 Å². The number of aryl methyl sites for hydroxylation is 1. The maximum Gasteiger partial charge on any atom is 0.417 e. The Morgan fingerprint density at radius 3 is 2.42 bits per heavy atom. The van der Waals surface area contributed by atoms with Gasteiger partial charge in [-0.2, -0.15) is 23.5 Å². The summed E-state index contributed by atoms with van der Waals surface area (Å²) in [6.45, 7) is 8.54. The van der Waals surface area contributed by atoms with Crippen molar-refractivity contribution >= 4 is 63.2 Å². The molecule has 3 aromatic rings. The summed E-state index contributed by atoms with van der Waals surface area (Å²) in [5.74, 6) is -1.33. The van der Waals surface area contributed by atoms with E-state index in [0.717, 1.165) is 62.5 Å². The van der Waals surface area contributed by atoms with E-state index in [2.05, 4.69) is 34.5 Å². The Hall–Kier alpha value is -4.92. The standard InChI is InChI=1S/C43H51F3N8O5S/c1-24-19-30(20-25(2)52(24)23-36(56)48-34-8-6-7-31-37(50-51(5)38(31)34)32-15-16-35(55)49-39(32)57)59-18-17-26-9-12-28(13-10-26)54-41(60)53(40(58)42(54,3)4)29-14-11-27(22-47)33(21-29)43(44,45)46/h6-8,11,14,21,24-26,28,30,32H,9-10,12-13,15-20,23H2,1-5H3,(H,48,56)(H,49,55,57)/t24-,25+,26?,28?,30?,32?. The fourth-order valence-corrected chi connectivity index (χ4v) is 10.4. The summed E-state index contributed by atoms with van der Waals surface area (Å²) in [4.78, 5) is 56.7. The Kier molecular flexibility index (Phi) is 12.1. The number of benzene rings is 2. The normalized spacial score (nSPS) is 26.4. The number of anilines is 2. The first-order valence-electron chi connectivity index (χ1n) is 20.6. The fraction of sp³-hybridized carbons (Fsp3) is 0.558. The summed E-state index contributed by atoms with van der Waals surface area (Å²) in [6.07, 6.45) is 1.73. The van der Waals surface area contributed by atoms with Crippen LogP contribution in [0.2, 0.25) is 0 Å². The van der Waals surface area contributed by atoms with Crippen molar-refractivity contribution in [2.75, 3.05) is 23.4 Å². The molecule has 0 radical (unpaired) electrons. The zero-order valence-electron chi connectivity index (χ0n) is 34.5. The van der Waals surface area contributed by atoms with Gasteiger partial charge in [-0.3, -0.25) is 39.0 Å². The molecule has 1 saturated carbocycles. The second kappa shape index (κ2) is 16.9. The summed E-state index contributed by atoms with van der Waals surface area (Å²) in [6, 6.07) is 10.5. The molecule has 1 aliphatic carbocycles. The first-order valence-corrected chi connectivity index (χ1v) is 21.1. The molecule has 0 bridgehead atoms. The number of nitriles is 1. The lowest BCUT2D eigenvalue weighted by Gasteiger charge is -2.42. The van der Waals surface area contributed by atoms with E-state index >= 15 is 0 Å². The van der Waals surface area contributed by atoms with Gasteiger partial charge in [0, 0.05) is 43.6 Å². The molecule has 2 aromatic carbocycles. The molecule has 320 valence electrons. The molecule has 17 heteroatoms. The largest absolute Gasteiger partial charge is 0.417 e. The zero-order valence-corrected chi connectivity index (χ0v) is 35.3. The Morgan fingerprint density at radius 2 is 1.77 bits per heavy atom. The summed E-state index contributed by atoms with van der Waals surface area (Å²) in [5.41, 5.74) is -0.769. The number of amides is 4. The minimum atomic E-state index is -4.76. The molecule has 2 N–H and O–H groups in total. The van der Waals surface area contributed by atoms with E-state index < -0.39 is 34.7 Å². The highest BCUT2D eigenvalue weighted by Crippen LogP contribution is 2.42. The monoisotopic (exact) mass is 848 g/mol. The van der Waals surface area contributed by atoms with Crippen LogP contribution < -0.4 is 15.5 Å². The van der Waals surface area contributed by atoms with E-state index in [1.165, 1.54) is 11.0 Å². The van der Waals surface area contributed by atoms with Crippen LogP contribution in [-0.2, 0) is 37.1 Å². The number of imide groups is 1. The van der Waals surface area contributed by atoms with Gasteiger partial charge in [-0.05, 0) is 121 Å². The quantitative estimate of drug-likeness (QED) is 0.170. The predicted molar refractivity (Wildman–Crippen MR) is 222 cm³/mol. The number of hydrogen-bond acceptors (Lipinski definition) is 9. The van der Waals surface area contributed by atoms with Gasteiger partial charge in [-0.15, -0.1) is 0 Å². The van der Waals surface area contributed by atoms with Crippen molar-refractivity contribution in [2.45, 2.75) is 127 Å². The van der Waals surface area contributed by atoms with Gasteiger partial charge >= 0.3 is 6.18 Å². The molecule has 7 rings (SSSR count). The number of aromatic nitrogens is 2. The summed E-state index contributed by atoms with van der Waals surface area (Å²) in [5, 5.41) is 20.3. The lowest BCUT2D eigenvalue weighted by Crippen LogP contribution is -2.51. The number of piperidine rings is 2. The number of carbonyl (C=O) groups excluding carboxylic acids is 4. The molecule has 4 aliphatic rings. The van der Waals surface area contributed by atoms with Crippen LogP contribution in [0.4, 0.5) is 24.5 Å². The number of para-hydroxylation sites is 1. The molecule has 4 atom stereocenters. The average Bonchev–Trinajstić information content (AvgIpc) is 3.61. The number of thiocarbonyl (C=S) groups is 1. The number of carbonyl (C=O) groups is 4. The number of halogens is 3. The van der Waals surface area contributed by atoms with E-state index in [-0.39, 0.29) is 65.7 Å². The van der Waals surface area contributed by atoms with Crippen LogP contribution in [0, 0.1) is 17.2 Å². The minimum Gasteiger partial charge on any atom is -0.378 e. The Morgan fingerprint density at radius 1 is 1.07 bits per heavy atom. The van der Waals surface area contributed by atoms with Crippen molar-refractivity contribution < 1.29 is 37.1 Å². The second-order valence-corrected chi connectivity index (χ2v) is 17.6. The Labute approximate surface area is 352 Å². The van der Waals surface area contributed by atoms with Crippen molar-refractivity contribution in [3.8, 4) is 6.07 Å². The van der Waals surface area contributed by atoms with Gasteiger partial charge < -0.3 is 15.0 Å². The number of nitrogens with zero attached hydrogens (tertiary/aromatic N) is 6. The van der Waals surface area contributed by atoms with E-state index in [9.17, 15) is 37.6 Å². The van der Waals surface area contributed by atoms with E-state index in [4.69, 9.17) is 17.0 Å². The maximum atomic E-state index is 13.8. The third-order valence-corrected chi connectivity index (χ3v) is 13.3. The van der Waals surface area contributed by atoms with Crippen LogP contribution in [0.5, 0.6) is 0 Å². The first kappa shape index (κ1) is 43.2. The topological polar surface area (TPSA) is 153 Å². The van der Waals surface area contributed by atoms with Gasteiger partial charge in [0.05, 0.1) is 58.3 Å². The fourth-order valence-electron chi connectivity index (χ4n) is 9.79. The summed E-state index contributed by atoms with van der Waals surface area (Å²) in [7, 11) is 1.78. The number of hydrogen-bond donors (Lipinski definition) is 2. The molecule has 13 nitrogen and oxygen atoms in total. The molecule has 60 heavy (non-hydrogen) atoms. The van der Waals surface area contributed by atoms with Crippen LogP contribution in [0.25, 0.3) is 10.9 Å². The number of rotatable bonds is 10. The van der Waals surface area contributed by atoms with E-state index in [1.807, 2.05) is 23.1 Å². The highest BCUT2D eigenvalue weighted by Gasteiger charge is 2.52. The van der Waals surface area contributed by atoms with Gasteiger partial charge in [0.1, 0.15) is 5.54 Å². The lowest BCUT2D eigenvalue weighted by molar-refractivity contribution is -0.138. The molecule has 4 fully saturated rings. The molecule has 0 spiro atoms. The predicted octanol–water partition coefficient (Wildman–Crippen LogP) is 6.54. The van der Waals surface area contributed by atoms with Crippen molar-refractivity contribution in [1.82, 2.24) is 24.9 Å². The van der Waals surface area contributed by atoms with Gasteiger partial charge in [-0.1, -0.05) is 12.1 Å². The van der Waals surface area contributed by atoms with E-state index in [0.29, 0.717) is 35.8 Å². The van der Waals surface area contributed by atoms with Gasteiger partial charge in [0.25, 0.3) is 5.91 Å². The van der Waals surface area contributed by atoms with Crippen molar-refractivity contribution in [3.63, 3.8) is 0 Å². The molecule has 1 aromatic heterocycles. The van der Waals surface area contributed by atoms with Crippen molar-refractivity contribution in [2.24, 2.45) is 13.0 Å². The van der Waals surface area contributed by atoms with E-state index in [1.54, 1.807) is 31.6 Å². The third kappa shape index (κ3) is 8.38. The second-order valence-electron chi connectivity index (χ2n) is 17.3. The van der Waals surface area contributed by atoms with Gasteiger partial charge in [0.2, 0.25) is 17.7 Å². The SMILES string of the molecule is C[C@@H]1CC(OCCC2CCC(N3C(=S)N(c4ccc(C#N)c(C(F)(F)F)c4)C(=O)C3(C)C)CC2)C[C@H](C)N1CC(=O)Nc1cccc2c(C3CCC(=O)NC3=O)nn(C)c12. The molecule has 3 aliphatic heterocycles. The van der Waals surface area contributed by atoms with Crippen molar-refractivity contribution in [1.29, 1.82) is 5.26 Å². The molecule has 4 heterocycles. The smallest absolute Gasteiger partial charge is 0.378 e. The highest BCUT2D eigenvalue weighted by molar-refractivity contribution is 7.80. The minimum absolute atomic E-state index is 0.00226. The molecule has 3 saturated heterocycles. The van der Waals surface area contributed by atoms with Crippen molar-refractivity contribution in [3.05, 3.63) is 53.2 Å². The maximum absolute atomic E-state index is 13.8. The first-order chi connectivity index (χ1) is 28.4. The number of fused-ring (bicyclic) bond motifs is 1.